The van der Waals surface area contributed by atoms with Crippen LogP contribution in [0.5, 0.6) is 0 Å². The van der Waals surface area contributed by atoms with E-state index in [1.54, 1.807) is 0 Å². The number of hydrogen-bond acceptors (Lipinski definition) is 2. The van der Waals surface area contributed by atoms with Crippen LogP contribution in [-0.4, -0.2) is 14.7 Å². The zero-order valence-corrected chi connectivity index (χ0v) is 19.7. The molecule has 0 bridgehead atoms. The first-order valence-corrected chi connectivity index (χ1v) is 11.9. The first kappa shape index (κ1) is 20.9. The molecule has 4 nitrogen and oxygen atoms in total. The van der Waals surface area contributed by atoms with E-state index < -0.39 is 0 Å². The molecule has 1 N–H and O–H groups in total. The Morgan fingerprint density at radius 3 is 2.35 bits per heavy atom. The minimum absolute atomic E-state index is 0.106. The molecule has 6 heteroatoms. The fourth-order valence-electron chi connectivity index (χ4n) is 4.73. The van der Waals surface area contributed by atoms with E-state index in [9.17, 15) is 0 Å². The van der Waals surface area contributed by atoms with Crippen LogP contribution in [0.3, 0.4) is 0 Å². The molecule has 0 saturated carbocycles. The molecule has 1 saturated heterocycles. The molecule has 166 valence electrons. The number of pyridine rings is 1. The maximum atomic E-state index is 6.19. The van der Waals surface area contributed by atoms with Crippen molar-refractivity contribution in [2.45, 2.75) is 12.1 Å². The third-order valence-corrected chi connectivity index (χ3v) is 6.86. The summed E-state index contributed by atoms with van der Waals surface area (Å²) in [5.74, 6) is 0. The van der Waals surface area contributed by atoms with Gasteiger partial charge in [0, 0.05) is 34.5 Å². The van der Waals surface area contributed by atoms with Crippen LogP contribution >= 0.6 is 23.8 Å². The predicted molar refractivity (Wildman–Crippen MR) is 143 cm³/mol. The Morgan fingerprint density at radius 1 is 0.794 bits per heavy atom. The van der Waals surface area contributed by atoms with E-state index in [1.807, 2.05) is 48.7 Å². The van der Waals surface area contributed by atoms with Crippen molar-refractivity contribution in [1.82, 2.24) is 14.9 Å². The maximum Gasteiger partial charge on any atom is 0.174 e. The van der Waals surface area contributed by atoms with Gasteiger partial charge in [-0.05, 0) is 83.7 Å². The lowest BCUT2D eigenvalue weighted by atomic mass is 10.0. The molecule has 34 heavy (non-hydrogen) atoms. The van der Waals surface area contributed by atoms with Crippen molar-refractivity contribution in [2.75, 3.05) is 4.90 Å². The largest absolute Gasteiger partial charge is 0.351 e. The van der Waals surface area contributed by atoms with Crippen molar-refractivity contribution in [1.29, 1.82) is 0 Å². The zero-order valence-electron chi connectivity index (χ0n) is 18.2. The zero-order chi connectivity index (χ0) is 23.1. The average Bonchev–Trinajstić information content (AvgIpc) is 3.49. The Kier molecular flexibility index (Phi) is 5.28. The summed E-state index contributed by atoms with van der Waals surface area (Å²) in [5, 5.41) is 7.31. The lowest BCUT2D eigenvalue weighted by molar-refractivity contribution is 0.549. The number of nitrogens with one attached hydrogen (secondary N) is 1. The fourth-order valence-corrected chi connectivity index (χ4v) is 5.20. The Labute approximate surface area is 208 Å². The Morgan fingerprint density at radius 2 is 1.56 bits per heavy atom. The van der Waals surface area contributed by atoms with Crippen molar-refractivity contribution < 1.29 is 0 Å². The lowest BCUT2D eigenvalue weighted by Gasteiger charge is -2.29. The molecule has 0 unspecified atom stereocenters. The van der Waals surface area contributed by atoms with Gasteiger partial charge in [-0.2, -0.15) is 0 Å². The second-order valence-electron chi connectivity index (χ2n) is 8.31. The van der Waals surface area contributed by atoms with E-state index in [2.05, 4.69) is 80.6 Å². The van der Waals surface area contributed by atoms with Crippen LogP contribution in [0.1, 0.15) is 23.5 Å². The van der Waals surface area contributed by atoms with E-state index >= 15 is 0 Å². The summed E-state index contributed by atoms with van der Waals surface area (Å²) < 4.78 is 2.24. The Bertz CT molecular complexity index is 1480. The molecule has 0 aliphatic carbocycles. The highest BCUT2D eigenvalue weighted by atomic mass is 35.5. The third-order valence-electron chi connectivity index (χ3n) is 6.30. The van der Waals surface area contributed by atoms with E-state index in [0.29, 0.717) is 10.1 Å². The number of benzene rings is 3. The normalized spacial score (nSPS) is 17.8. The summed E-state index contributed by atoms with van der Waals surface area (Å²) in [5.41, 5.74) is 4.15. The number of thiocarbonyl (C=S) groups is 1. The molecule has 3 aromatic carbocycles. The Hall–Kier alpha value is -3.67. The van der Waals surface area contributed by atoms with Gasteiger partial charge in [-0.15, -0.1) is 0 Å². The van der Waals surface area contributed by atoms with Crippen LogP contribution in [0, 0.1) is 0 Å². The minimum Gasteiger partial charge on any atom is -0.351 e. The van der Waals surface area contributed by atoms with Crippen LogP contribution in [-0.2, 0) is 0 Å². The molecule has 3 heterocycles. The fraction of sp³-hybridized carbons (Fsp3) is 0.0714. The number of aromatic nitrogens is 2. The molecule has 1 aliphatic rings. The molecular formula is C28H21ClN4S. The van der Waals surface area contributed by atoms with Crippen LogP contribution in [0.4, 0.5) is 5.69 Å². The van der Waals surface area contributed by atoms with Gasteiger partial charge in [-0.3, -0.25) is 4.98 Å². The Balaban J connectivity index is 1.51. The van der Waals surface area contributed by atoms with Gasteiger partial charge in [0.1, 0.15) is 6.04 Å². The SMILES string of the molecule is S=C1N[C@@H](c2ccccn2)[C@H](c2cccn2-c2ccc3ccccc3c2)N1c1ccc(Cl)cc1. The average molecular weight is 481 g/mol. The summed E-state index contributed by atoms with van der Waals surface area (Å²) in [7, 11) is 0. The number of nitrogens with zero attached hydrogens (tertiary/aromatic N) is 3. The van der Waals surface area contributed by atoms with E-state index in [1.165, 1.54) is 10.8 Å². The summed E-state index contributed by atoms with van der Waals surface area (Å²) in [6, 6.07) is 32.8. The molecule has 1 fully saturated rings. The number of fused-ring (bicyclic) bond motifs is 1. The molecular weight excluding hydrogens is 460 g/mol. The van der Waals surface area contributed by atoms with Gasteiger partial charge in [-0.25, -0.2) is 0 Å². The number of rotatable bonds is 4. The van der Waals surface area contributed by atoms with Crippen molar-refractivity contribution in [3.63, 3.8) is 0 Å². The summed E-state index contributed by atoms with van der Waals surface area (Å²) >= 11 is 12.0. The number of anilines is 1. The highest BCUT2D eigenvalue weighted by Crippen LogP contribution is 2.42. The maximum absolute atomic E-state index is 6.19. The monoisotopic (exact) mass is 480 g/mol. The molecule has 0 radical (unpaired) electrons. The van der Waals surface area contributed by atoms with Crippen LogP contribution in [0.25, 0.3) is 16.5 Å². The van der Waals surface area contributed by atoms with Crippen LogP contribution < -0.4 is 10.2 Å². The second-order valence-corrected chi connectivity index (χ2v) is 9.13. The predicted octanol–water partition coefficient (Wildman–Crippen LogP) is 6.86. The summed E-state index contributed by atoms with van der Waals surface area (Å²) in [4.78, 5) is 6.83. The van der Waals surface area contributed by atoms with Gasteiger partial charge >= 0.3 is 0 Å². The van der Waals surface area contributed by atoms with Gasteiger partial charge in [0.05, 0.1) is 11.7 Å². The summed E-state index contributed by atoms with van der Waals surface area (Å²) in [6.07, 6.45) is 3.93. The highest BCUT2D eigenvalue weighted by Gasteiger charge is 2.42. The van der Waals surface area contributed by atoms with E-state index in [4.69, 9.17) is 23.8 Å². The van der Waals surface area contributed by atoms with Crippen molar-refractivity contribution in [3.05, 3.63) is 126 Å². The molecule has 5 aromatic rings. The highest BCUT2D eigenvalue weighted by molar-refractivity contribution is 7.80. The van der Waals surface area contributed by atoms with Crippen molar-refractivity contribution >= 4 is 45.4 Å². The van der Waals surface area contributed by atoms with Gasteiger partial charge < -0.3 is 14.8 Å². The van der Waals surface area contributed by atoms with Gasteiger partial charge in [0.2, 0.25) is 0 Å². The molecule has 6 rings (SSSR count). The smallest absolute Gasteiger partial charge is 0.174 e. The van der Waals surface area contributed by atoms with Gasteiger partial charge in [-0.1, -0.05) is 48.0 Å². The minimum atomic E-state index is -0.113. The van der Waals surface area contributed by atoms with Crippen LogP contribution in [0.15, 0.2) is 109 Å². The second kappa shape index (κ2) is 8.60. The van der Waals surface area contributed by atoms with Gasteiger partial charge in [0.15, 0.2) is 5.11 Å². The molecule has 2 atom stereocenters. The van der Waals surface area contributed by atoms with Crippen molar-refractivity contribution in [2.24, 2.45) is 0 Å². The molecule has 2 aromatic heterocycles. The summed E-state index contributed by atoms with van der Waals surface area (Å²) in [6.45, 7) is 0. The van der Waals surface area contributed by atoms with Gasteiger partial charge in [0.25, 0.3) is 0 Å². The number of halogens is 1. The van der Waals surface area contributed by atoms with Crippen molar-refractivity contribution in [3.8, 4) is 5.69 Å². The quantitative estimate of drug-likeness (QED) is 0.285. The number of hydrogen-bond donors (Lipinski definition) is 1. The van der Waals surface area contributed by atoms with Crippen LogP contribution in [0.2, 0.25) is 5.02 Å². The molecule has 0 amide bonds. The topological polar surface area (TPSA) is 33.1 Å². The van der Waals surface area contributed by atoms with E-state index in [-0.39, 0.29) is 12.1 Å². The van der Waals surface area contributed by atoms with E-state index in [0.717, 1.165) is 22.8 Å². The third kappa shape index (κ3) is 3.63. The first-order valence-electron chi connectivity index (χ1n) is 11.1. The first-order chi connectivity index (χ1) is 16.7. The lowest BCUT2D eigenvalue weighted by Crippen LogP contribution is -2.30. The molecule has 1 aliphatic heterocycles. The standard InChI is InChI=1S/C28H21ClN4S/c29-21-11-14-22(15-12-21)33-27(26(31-28(33)34)24-8-3-4-16-30-24)25-9-5-17-32(25)23-13-10-19-6-1-2-7-20(19)18-23/h1-18,26-27H,(H,31,34)/t26-,27-/m0/s1. The molecule has 0 spiro atoms.